The molecule has 1 aromatic rings. The summed E-state index contributed by atoms with van der Waals surface area (Å²) in [5.41, 5.74) is 1.17. The molecule has 0 bridgehead atoms. The highest BCUT2D eigenvalue weighted by Gasteiger charge is 2.32. The zero-order valence-electron chi connectivity index (χ0n) is 16.9. The summed E-state index contributed by atoms with van der Waals surface area (Å²) >= 11 is 0. The molecule has 0 spiro atoms. The van der Waals surface area contributed by atoms with E-state index < -0.39 is 19.3 Å². The molecule has 1 aliphatic rings. The first-order chi connectivity index (χ1) is 12.3. The van der Waals surface area contributed by atoms with Crippen molar-refractivity contribution in [1.82, 2.24) is 14.3 Å². The molecular formula is C18H33N3O4S2. The average Bonchev–Trinajstić information content (AvgIpc) is 2.49. The molecule has 1 fully saturated rings. The van der Waals surface area contributed by atoms with Crippen LogP contribution < -0.4 is 14.2 Å². The number of rotatable bonds is 8. The van der Waals surface area contributed by atoms with E-state index in [1.165, 1.54) is 11.8 Å². The Balaban J connectivity index is 2.07. The normalized spacial score (nSPS) is 23.5. The number of methoxy groups -OCH3 is 1. The van der Waals surface area contributed by atoms with Gasteiger partial charge >= 0.3 is 0 Å². The van der Waals surface area contributed by atoms with E-state index in [9.17, 15) is 12.6 Å². The first-order valence-corrected chi connectivity index (χ1v) is 14.1. The predicted molar refractivity (Wildman–Crippen MR) is 112 cm³/mol. The maximum Gasteiger partial charge on any atom is 0.208 e. The summed E-state index contributed by atoms with van der Waals surface area (Å²) in [5.74, 6) is 0.827. The van der Waals surface area contributed by atoms with Crippen LogP contribution in [0, 0.1) is 0 Å². The predicted octanol–water partition coefficient (Wildman–Crippen LogP) is 0.444. The lowest BCUT2D eigenvalue weighted by molar-refractivity contribution is 0.178. The number of nitrogens with one attached hydrogen (secondary N) is 2. The molecule has 1 heterocycles. The summed E-state index contributed by atoms with van der Waals surface area (Å²) in [5, 5.41) is 0. The third-order valence-corrected chi connectivity index (χ3v) is 6.22. The highest BCUT2D eigenvalue weighted by molar-refractivity contribution is 8.16. The van der Waals surface area contributed by atoms with Crippen molar-refractivity contribution in [2.24, 2.45) is 0 Å². The Hall–Kier alpha value is -1.00. The van der Waals surface area contributed by atoms with Gasteiger partial charge in [0.1, 0.15) is 5.75 Å². The lowest BCUT2D eigenvalue weighted by atomic mass is 10.0. The van der Waals surface area contributed by atoms with E-state index in [4.69, 9.17) is 4.74 Å². The number of hydrogen-bond acceptors (Lipinski definition) is 5. The van der Waals surface area contributed by atoms with Crippen molar-refractivity contribution in [2.45, 2.75) is 24.9 Å². The van der Waals surface area contributed by atoms with Crippen molar-refractivity contribution in [3.63, 3.8) is 0 Å². The first kappa shape index (κ1) is 22.3. The molecule has 27 heavy (non-hydrogen) atoms. The molecular weight excluding hydrogens is 386 g/mol. The van der Waals surface area contributed by atoms with E-state index in [2.05, 4.69) is 20.4 Å². The van der Waals surface area contributed by atoms with Gasteiger partial charge in [0, 0.05) is 50.5 Å². The smallest absolute Gasteiger partial charge is 0.208 e. The average molecular weight is 420 g/mol. The van der Waals surface area contributed by atoms with E-state index in [1.54, 1.807) is 25.9 Å². The lowest BCUT2D eigenvalue weighted by Gasteiger charge is -2.43. The minimum atomic E-state index is -3.30. The van der Waals surface area contributed by atoms with E-state index in [-0.39, 0.29) is 12.1 Å². The Labute approximate surface area is 163 Å². The summed E-state index contributed by atoms with van der Waals surface area (Å²) in [6, 6.07) is 7.71. The maximum absolute atomic E-state index is 12.7. The van der Waals surface area contributed by atoms with Crippen molar-refractivity contribution in [1.29, 1.82) is 0 Å². The Bertz CT molecular complexity index is 809. The molecule has 1 aromatic carbocycles. The number of benzene rings is 1. The fourth-order valence-corrected chi connectivity index (χ4v) is 5.61. The van der Waals surface area contributed by atoms with E-state index in [0.29, 0.717) is 13.0 Å². The molecule has 9 heteroatoms. The molecule has 2 atom stereocenters. The van der Waals surface area contributed by atoms with Crippen molar-refractivity contribution in [3.05, 3.63) is 29.8 Å². The Kier molecular flexibility index (Phi) is 6.74. The van der Waals surface area contributed by atoms with Crippen LogP contribution in [0.5, 0.6) is 5.75 Å². The summed E-state index contributed by atoms with van der Waals surface area (Å²) < 4.78 is 47.3. The second kappa shape index (κ2) is 8.16. The minimum absolute atomic E-state index is 0.0391. The molecule has 0 saturated carbocycles. The van der Waals surface area contributed by atoms with Crippen LogP contribution in [0.2, 0.25) is 0 Å². The van der Waals surface area contributed by atoms with Gasteiger partial charge in [-0.25, -0.2) is 13.1 Å². The SMILES string of the molecule is COc1cccc(CCN2CC(NS(C)(=O)=O)CC(NS(C)(C)(C)=O)C2)c1. The third kappa shape index (κ3) is 8.69. The van der Waals surface area contributed by atoms with Gasteiger partial charge in [-0.3, -0.25) is 13.8 Å². The standard InChI is InChI=1S/C18H33N3O4S2/c1-25-18-8-6-7-15(11-18)9-10-21-13-16(19-26(2,22)23)12-17(14-21)20-27(3,4,5)24/h6-8,11,16-17,19H,9-10,12-14H2,1-5H3,(H,20,24). The Morgan fingerprint density at radius 1 is 1.22 bits per heavy atom. The summed E-state index contributed by atoms with van der Waals surface area (Å²) in [6.45, 7) is 2.16. The quantitative estimate of drug-likeness (QED) is 0.639. The van der Waals surface area contributed by atoms with E-state index in [0.717, 1.165) is 25.3 Å². The molecule has 0 aliphatic carbocycles. The van der Waals surface area contributed by atoms with Gasteiger partial charge in [-0.05, 0) is 30.5 Å². The lowest BCUT2D eigenvalue weighted by Crippen LogP contribution is -2.60. The van der Waals surface area contributed by atoms with Gasteiger partial charge in [0.2, 0.25) is 10.0 Å². The van der Waals surface area contributed by atoms with Crippen molar-refractivity contribution in [2.75, 3.05) is 51.8 Å². The molecule has 2 N–H and O–H groups in total. The number of piperidine rings is 1. The van der Waals surface area contributed by atoms with Gasteiger partial charge in [-0.1, -0.05) is 21.4 Å². The largest absolute Gasteiger partial charge is 0.497 e. The number of likely N-dealkylation sites (tertiary alicyclic amines) is 1. The molecule has 0 radical (unpaired) electrons. The van der Waals surface area contributed by atoms with Crippen LogP contribution >= 0.6 is 0 Å². The van der Waals surface area contributed by atoms with Crippen LogP contribution in [-0.2, 0) is 25.7 Å². The number of hydrogen-bond donors (Lipinski definition) is 2. The molecule has 0 amide bonds. The number of sulfonamides is 1. The molecule has 1 saturated heterocycles. The topological polar surface area (TPSA) is 87.7 Å². The second-order valence-corrected chi connectivity index (χ2v) is 15.3. The molecule has 1 aliphatic heterocycles. The van der Waals surface area contributed by atoms with Gasteiger partial charge in [-0.2, -0.15) is 0 Å². The fraction of sp³-hybridized carbons (Fsp3) is 0.667. The minimum Gasteiger partial charge on any atom is -0.497 e. The van der Waals surface area contributed by atoms with E-state index >= 15 is 0 Å². The van der Waals surface area contributed by atoms with Crippen molar-refractivity contribution in [3.8, 4) is 5.75 Å². The summed E-state index contributed by atoms with van der Waals surface area (Å²) in [6.07, 6.45) is 7.77. The summed E-state index contributed by atoms with van der Waals surface area (Å²) in [7, 11) is -4.55. The zero-order chi connectivity index (χ0) is 20.3. The highest BCUT2D eigenvalue weighted by atomic mass is 32.3. The van der Waals surface area contributed by atoms with Gasteiger partial charge in [0.15, 0.2) is 0 Å². The fourth-order valence-electron chi connectivity index (χ4n) is 3.53. The molecule has 0 aromatic heterocycles. The molecule has 156 valence electrons. The van der Waals surface area contributed by atoms with E-state index in [1.807, 2.05) is 18.2 Å². The zero-order valence-corrected chi connectivity index (χ0v) is 18.5. The summed E-state index contributed by atoms with van der Waals surface area (Å²) in [4.78, 5) is 2.22. The Morgan fingerprint density at radius 3 is 2.48 bits per heavy atom. The van der Waals surface area contributed by atoms with Crippen LogP contribution in [0.25, 0.3) is 0 Å². The monoisotopic (exact) mass is 419 g/mol. The van der Waals surface area contributed by atoms with Crippen LogP contribution in [0.3, 0.4) is 0 Å². The van der Waals surface area contributed by atoms with Gasteiger partial charge in [0.05, 0.1) is 13.4 Å². The molecule has 2 rings (SSSR count). The van der Waals surface area contributed by atoms with Crippen LogP contribution in [0.15, 0.2) is 24.3 Å². The number of ether oxygens (including phenoxy) is 1. The van der Waals surface area contributed by atoms with Crippen LogP contribution in [0.1, 0.15) is 12.0 Å². The number of nitrogens with zero attached hydrogens (tertiary/aromatic N) is 1. The highest BCUT2D eigenvalue weighted by Crippen LogP contribution is 2.18. The van der Waals surface area contributed by atoms with Crippen LogP contribution in [0.4, 0.5) is 0 Å². The third-order valence-electron chi connectivity index (χ3n) is 4.33. The molecule has 2 unspecified atom stereocenters. The maximum atomic E-state index is 12.7. The van der Waals surface area contributed by atoms with Crippen LogP contribution in [-0.4, -0.2) is 81.4 Å². The molecule has 7 nitrogen and oxygen atoms in total. The van der Waals surface area contributed by atoms with Gasteiger partial charge in [0.25, 0.3) is 0 Å². The second-order valence-electron chi connectivity index (χ2n) is 8.42. The van der Waals surface area contributed by atoms with Gasteiger partial charge in [-0.15, -0.1) is 0 Å². The first-order valence-electron chi connectivity index (χ1n) is 8.99. The van der Waals surface area contributed by atoms with Crippen molar-refractivity contribution < 1.29 is 17.4 Å². The van der Waals surface area contributed by atoms with Gasteiger partial charge < -0.3 is 4.74 Å². The Morgan fingerprint density at radius 2 is 1.89 bits per heavy atom. The van der Waals surface area contributed by atoms with Crippen molar-refractivity contribution >= 4 is 19.3 Å².